The van der Waals surface area contributed by atoms with Gasteiger partial charge in [0.1, 0.15) is 11.6 Å². The monoisotopic (exact) mass is 515 g/mol. The Morgan fingerprint density at radius 3 is 2.63 bits per heavy atom. The smallest absolute Gasteiger partial charge is 0.318 e. The molecule has 1 N–H and O–H groups in total. The second kappa shape index (κ2) is 10.9. The number of carbonyl (C=O) groups is 2. The second-order valence-corrected chi connectivity index (χ2v) is 9.03. The minimum Gasteiger partial charge on any atom is -0.466 e. The molecular formula is C29H30FN5O3. The number of nitrogens with zero attached hydrogens (tertiary/aromatic N) is 4. The number of rotatable bonds is 7. The minimum absolute atomic E-state index is 0.0613. The van der Waals surface area contributed by atoms with Crippen molar-refractivity contribution in [2.24, 2.45) is 0 Å². The van der Waals surface area contributed by atoms with Crippen molar-refractivity contribution in [3.05, 3.63) is 101 Å². The number of fused-ring (bicyclic) bond motifs is 3. The van der Waals surface area contributed by atoms with E-state index in [9.17, 15) is 14.0 Å². The number of urea groups is 1. The number of hydrogen-bond acceptors (Lipinski definition) is 4. The summed E-state index contributed by atoms with van der Waals surface area (Å²) >= 11 is 0. The number of aromatic nitrogens is 3. The summed E-state index contributed by atoms with van der Waals surface area (Å²) in [6.45, 7) is 4.44. The second-order valence-electron chi connectivity index (χ2n) is 9.03. The molecule has 1 aliphatic heterocycles. The zero-order valence-corrected chi connectivity index (χ0v) is 21.4. The van der Waals surface area contributed by atoms with Crippen LogP contribution in [-0.4, -0.2) is 44.4 Å². The lowest BCUT2D eigenvalue weighted by Gasteiger charge is -2.31. The molecule has 1 unspecified atom stereocenters. The molecule has 0 radical (unpaired) electrons. The van der Waals surface area contributed by atoms with Crippen LogP contribution in [0.5, 0.6) is 0 Å². The van der Waals surface area contributed by atoms with E-state index in [4.69, 9.17) is 9.84 Å². The van der Waals surface area contributed by atoms with Crippen LogP contribution in [0.4, 0.5) is 9.18 Å². The Morgan fingerprint density at radius 1 is 1.08 bits per heavy atom. The maximum absolute atomic E-state index is 14.4. The van der Waals surface area contributed by atoms with Crippen molar-refractivity contribution < 1.29 is 18.7 Å². The fraction of sp³-hybridized carbons (Fsp3) is 0.276. The average Bonchev–Trinajstić information content (AvgIpc) is 3.50. The molecule has 2 aromatic carbocycles. The van der Waals surface area contributed by atoms with Gasteiger partial charge in [-0.2, -0.15) is 5.10 Å². The van der Waals surface area contributed by atoms with Crippen LogP contribution in [0, 0.1) is 5.82 Å². The number of amides is 2. The van der Waals surface area contributed by atoms with E-state index in [1.54, 1.807) is 17.9 Å². The number of esters is 1. The van der Waals surface area contributed by atoms with Gasteiger partial charge in [-0.25, -0.2) is 13.9 Å². The number of nitrogens with one attached hydrogen (secondary N) is 1. The van der Waals surface area contributed by atoms with Gasteiger partial charge in [-0.3, -0.25) is 4.79 Å². The molecule has 0 saturated heterocycles. The van der Waals surface area contributed by atoms with Gasteiger partial charge in [0.05, 0.1) is 42.7 Å². The van der Waals surface area contributed by atoms with Crippen LogP contribution < -0.4 is 5.32 Å². The van der Waals surface area contributed by atoms with Gasteiger partial charge >= 0.3 is 12.0 Å². The summed E-state index contributed by atoms with van der Waals surface area (Å²) in [6, 6.07) is 19.1. The van der Waals surface area contributed by atoms with Crippen molar-refractivity contribution in [1.82, 2.24) is 24.6 Å². The summed E-state index contributed by atoms with van der Waals surface area (Å²) in [5, 5.41) is 7.80. The molecule has 5 rings (SSSR count). The van der Waals surface area contributed by atoms with E-state index in [0.29, 0.717) is 12.0 Å². The normalized spacial score (nSPS) is 14.4. The van der Waals surface area contributed by atoms with E-state index in [-0.39, 0.29) is 43.9 Å². The first-order valence-corrected chi connectivity index (χ1v) is 12.8. The fourth-order valence-electron chi connectivity index (χ4n) is 4.98. The Balaban J connectivity index is 1.63. The maximum Gasteiger partial charge on any atom is 0.318 e. The number of carbonyl (C=O) groups excluding carboxylic acids is 2. The number of halogens is 1. The van der Waals surface area contributed by atoms with Gasteiger partial charge < -0.3 is 19.5 Å². The van der Waals surface area contributed by atoms with E-state index in [1.807, 2.05) is 70.9 Å². The topological polar surface area (TPSA) is 81.4 Å². The summed E-state index contributed by atoms with van der Waals surface area (Å²) in [5.41, 5.74) is 4.13. The van der Waals surface area contributed by atoms with Gasteiger partial charge in [0.25, 0.3) is 0 Å². The lowest BCUT2D eigenvalue weighted by atomic mass is 10.0. The largest absolute Gasteiger partial charge is 0.466 e. The van der Waals surface area contributed by atoms with Crippen molar-refractivity contribution >= 4 is 12.0 Å². The molecule has 0 saturated carbocycles. The Morgan fingerprint density at radius 2 is 1.89 bits per heavy atom. The predicted molar refractivity (Wildman–Crippen MR) is 141 cm³/mol. The zero-order valence-electron chi connectivity index (χ0n) is 21.4. The number of aryl methyl sites for hydroxylation is 1. The fourth-order valence-corrected chi connectivity index (χ4v) is 4.98. The van der Waals surface area contributed by atoms with Crippen LogP contribution in [0.15, 0.2) is 72.9 Å². The number of ether oxygens (including phenoxy) is 1. The lowest BCUT2D eigenvalue weighted by Crippen LogP contribution is -2.42. The van der Waals surface area contributed by atoms with Crippen molar-refractivity contribution in [1.29, 1.82) is 0 Å². The van der Waals surface area contributed by atoms with E-state index in [1.165, 1.54) is 12.1 Å². The Bertz CT molecular complexity index is 1450. The van der Waals surface area contributed by atoms with Crippen LogP contribution in [0.2, 0.25) is 0 Å². The predicted octanol–water partition coefficient (Wildman–Crippen LogP) is 4.93. The quantitative estimate of drug-likeness (QED) is 0.354. The van der Waals surface area contributed by atoms with E-state index in [0.717, 1.165) is 28.5 Å². The highest BCUT2D eigenvalue weighted by Gasteiger charge is 2.36. The highest BCUT2D eigenvalue weighted by molar-refractivity contribution is 5.77. The van der Waals surface area contributed by atoms with E-state index < -0.39 is 6.04 Å². The summed E-state index contributed by atoms with van der Waals surface area (Å²) in [7, 11) is 0. The van der Waals surface area contributed by atoms with Gasteiger partial charge in [0.15, 0.2) is 0 Å². The molecule has 1 aliphatic rings. The molecule has 1 atom stereocenters. The molecule has 196 valence electrons. The van der Waals surface area contributed by atoms with Gasteiger partial charge in [-0.05, 0) is 55.3 Å². The maximum atomic E-state index is 14.4. The van der Waals surface area contributed by atoms with Crippen molar-refractivity contribution in [3.63, 3.8) is 0 Å². The van der Waals surface area contributed by atoms with Crippen LogP contribution in [0.25, 0.3) is 11.5 Å². The lowest BCUT2D eigenvalue weighted by molar-refractivity contribution is -0.142. The average molecular weight is 516 g/mol. The van der Waals surface area contributed by atoms with Crippen molar-refractivity contribution in [2.45, 2.75) is 39.3 Å². The van der Waals surface area contributed by atoms with E-state index in [2.05, 4.69) is 5.32 Å². The molecule has 8 nitrogen and oxygen atoms in total. The highest BCUT2D eigenvalue weighted by atomic mass is 19.1. The third-order valence-corrected chi connectivity index (χ3v) is 6.64. The van der Waals surface area contributed by atoms with Gasteiger partial charge in [-0.1, -0.05) is 37.3 Å². The van der Waals surface area contributed by atoms with Crippen LogP contribution in [-0.2, 0) is 22.5 Å². The minimum atomic E-state index is -0.579. The SMILES string of the molecule is CCOC(=O)CCNC(=O)N1Cc2c(CC)nn(-c3ccccc3)c2-n2cccc2C1c1cccc(F)c1. The Hall–Kier alpha value is -4.40. The van der Waals surface area contributed by atoms with Gasteiger partial charge in [0, 0.05) is 18.3 Å². The third-order valence-electron chi connectivity index (χ3n) is 6.64. The standard InChI is InChI=1S/C29H30FN5O3/c1-3-24-23-19-34(29(37)31-16-15-26(36)38-4-2)27(20-10-8-11-21(30)18-20)25-14-9-17-33(25)28(23)35(32-24)22-12-6-5-7-13-22/h5-14,17-18,27H,3-4,15-16,19H2,1-2H3,(H,31,37). The molecular weight excluding hydrogens is 485 g/mol. The van der Waals surface area contributed by atoms with Crippen LogP contribution >= 0.6 is 0 Å². The molecule has 2 aromatic heterocycles. The molecule has 0 fully saturated rings. The van der Waals surface area contributed by atoms with Gasteiger partial charge in [0.2, 0.25) is 0 Å². The summed E-state index contributed by atoms with van der Waals surface area (Å²) in [5.74, 6) is 0.0879. The summed E-state index contributed by atoms with van der Waals surface area (Å²) in [4.78, 5) is 27.2. The third kappa shape index (κ3) is 4.79. The first kappa shape index (κ1) is 25.3. The molecule has 2 amide bonds. The van der Waals surface area contributed by atoms with Crippen LogP contribution in [0.3, 0.4) is 0 Å². The molecule has 4 aromatic rings. The zero-order chi connectivity index (χ0) is 26.6. The molecule has 0 bridgehead atoms. The summed E-state index contributed by atoms with van der Waals surface area (Å²) < 4.78 is 23.4. The first-order valence-electron chi connectivity index (χ1n) is 12.8. The molecule has 0 aliphatic carbocycles. The van der Waals surface area contributed by atoms with Gasteiger partial charge in [-0.15, -0.1) is 0 Å². The van der Waals surface area contributed by atoms with E-state index >= 15 is 0 Å². The van der Waals surface area contributed by atoms with Crippen molar-refractivity contribution in [2.75, 3.05) is 13.2 Å². The van der Waals surface area contributed by atoms with Crippen LogP contribution in [0.1, 0.15) is 48.8 Å². The summed E-state index contributed by atoms with van der Waals surface area (Å²) in [6.07, 6.45) is 2.68. The highest BCUT2D eigenvalue weighted by Crippen LogP contribution is 2.38. The molecule has 3 heterocycles. The number of hydrogen-bond donors (Lipinski definition) is 1. The number of benzene rings is 2. The molecule has 9 heteroatoms. The molecule has 38 heavy (non-hydrogen) atoms. The van der Waals surface area contributed by atoms with Crippen molar-refractivity contribution in [3.8, 4) is 11.5 Å². The number of para-hydroxylation sites is 1. The molecule has 0 spiro atoms. The first-order chi connectivity index (χ1) is 18.5. The Kier molecular flexibility index (Phi) is 7.26. The Labute approximate surface area is 220 Å².